The normalized spacial score (nSPS) is 19.9. The average Bonchev–Trinajstić information content (AvgIpc) is 3.35. The maximum Gasteiger partial charge on any atom is 0.326 e. The summed E-state index contributed by atoms with van der Waals surface area (Å²) in [7, 11) is -3.99. The van der Waals surface area contributed by atoms with Crippen LogP contribution >= 0.6 is 11.6 Å². The topological polar surface area (TPSA) is 113 Å². The first kappa shape index (κ1) is 32.7. The molecule has 230 valence electrons. The van der Waals surface area contributed by atoms with Crippen LogP contribution in [0, 0.1) is 12.3 Å². The van der Waals surface area contributed by atoms with Gasteiger partial charge in [0.15, 0.2) is 0 Å². The van der Waals surface area contributed by atoms with Gasteiger partial charge in [-0.15, -0.1) is 0 Å². The molecule has 2 aromatic carbocycles. The van der Waals surface area contributed by atoms with E-state index in [4.69, 9.17) is 16.3 Å². The molecule has 1 aliphatic heterocycles. The molecule has 1 aliphatic carbocycles. The van der Waals surface area contributed by atoms with Crippen LogP contribution in [0.5, 0.6) is 0 Å². The minimum Gasteiger partial charge on any atom is -0.480 e. The monoisotopic (exact) mass is 626 g/mol. The molecule has 2 N–H and O–H groups in total. The molecule has 0 radical (unpaired) electrons. The van der Waals surface area contributed by atoms with Crippen LogP contribution in [0.3, 0.4) is 0 Å². The number of carbonyl (C=O) groups excluding carboxylic acids is 1. The third-order valence-corrected chi connectivity index (χ3v) is 9.88. The largest absolute Gasteiger partial charge is 0.480 e. The van der Waals surface area contributed by atoms with Crippen molar-refractivity contribution in [2.75, 3.05) is 13.2 Å². The van der Waals surface area contributed by atoms with Gasteiger partial charge in [0, 0.05) is 17.5 Å². The third-order valence-electron chi connectivity index (χ3n) is 7.62. The molecule has 2 aliphatic rings. The molecule has 0 bridgehead atoms. The molecule has 1 amide bonds. The van der Waals surface area contributed by atoms with E-state index in [9.17, 15) is 23.1 Å². The highest BCUT2D eigenvalue weighted by molar-refractivity contribution is 7.89. The van der Waals surface area contributed by atoms with E-state index in [1.807, 2.05) is 45.1 Å². The number of carbonyl (C=O) groups is 2. The summed E-state index contributed by atoms with van der Waals surface area (Å²) in [6.45, 7) is 7.30. The summed E-state index contributed by atoms with van der Waals surface area (Å²) in [6.07, 6.45) is 9.69. The zero-order chi connectivity index (χ0) is 31.4. The van der Waals surface area contributed by atoms with Gasteiger partial charge in [-0.3, -0.25) is 4.79 Å². The van der Waals surface area contributed by atoms with Crippen LogP contribution in [0.2, 0.25) is 5.02 Å². The number of carboxylic acid groups (broad SMARTS) is 1. The van der Waals surface area contributed by atoms with Gasteiger partial charge in [0.05, 0.1) is 17.5 Å². The van der Waals surface area contributed by atoms with Gasteiger partial charge < -0.3 is 15.2 Å². The minimum absolute atomic E-state index is 0.0291. The fraction of sp³-hybridized carbons (Fsp3) is 0.394. The van der Waals surface area contributed by atoms with E-state index in [0.29, 0.717) is 21.7 Å². The first-order valence-corrected chi connectivity index (χ1v) is 16.1. The summed E-state index contributed by atoms with van der Waals surface area (Å²) in [5.74, 6) is -1.69. The maximum atomic E-state index is 14.3. The second kappa shape index (κ2) is 13.6. The zero-order valence-electron chi connectivity index (χ0n) is 24.9. The van der Waals surface area contributed by atoms with E-state index in [1.165, 1.54) is 4.31 Å². The van der Waals surface area contributed by atoms with Crippen molar-refractivity contribution in [3.63, 3.8) is 0 Å². The van der Waals surface area contributed by atoms with E-state index in [0.717, 1.165) is 18.4 Å². The van der Waals surface area contributed by atoms with Crippen LogP contribution in [0.4, 0.5) is 0 Å². The molecule has 1 unspecified atom stereocenters. The summed E-state index contributed by atoms with van der Waals surface area (Å²) in [5, 5.41) is 12.7. The van der Waals surface area contributed by atoms with Crippen molar-refractivity contribution in [3.8, 4) is 0 Å². The van der Waals surface area contributed by atoms with Crippen molar-refractivity contribution in [1.82, 2.24) is 9.62 Å². The number of nitrogens with one attached hydrogen (secondary N) is 1. The minimum atomic E-state index is -3.99. The standard InChI is InChI=1S/C33H39ClN2O6S/c1-22-10-8-9-13-28(22)43(40,41)36-29(33(2,3)4)19-25(31(36)24-14-16-26(34)17-15-24)20-42-21-30(37)35-27(32(38)39)18-23-11-6-5-7-12-23/h6,8-17,19,27,29,31H,5,7,18,20-21H2,1-4H3,(H,35,37)(H,38,39)/t27-,29-,31?/m0/s1. The Bertz CT molecular complexity index is 1540. The van der Waals surface area contributed by atoms with E-state index >= 15 is 0 Å². The summed E-state index contributed by atoms with van der Waals surface area (Å²) >= 11 is 6.18. The predicted molar refractivity (Wildman–Crippen MR) is 167 cm³/mol. The van der Waals surface area contributed by atoms with Gasteiger partial charge >= 0.3 is 5.97 Å². The zero-order valence-corrected chi connectivity index (χ0v) is 26.5. The molecule has 0 saturated carbocycles. The first-order chi connectivity index (χ1) is 20.3. The number of aryl methyl sites for hydroxylation is 1. The fourth-order valence-electron chi connectivity index (χ4n) is 5.46. The van der Waals surface area contributed by atoms with Gasteiger partial charge in [0.25, 0.3) is 0 Å². The highest BCUT2D eigenvalue weighted by Crippen LogP contribution is 2.46. The molecule has 43 heavy (non-hydrogen) atoms. The van der Waals surface area contributed by atoms with Crippen LogP contribution in [-0.2, 0) is 24.3 Å². The van der Waals surface area contributed by atoms with Gasteiger partial charge in [-0.25, -0.2) is 13.2 Å². The summed E-state index contributed by atoms with van der Waals surface area (Å²) < 4.78 is 36.0. The second-order valence-electron chi connectivity index (χ2n) is 12.0. The number of sulfonamides is 1. The second-order valence-corrected chi connectivity index (χ2v) is 14.3. The first-order valence-electron chi connectivity index (χ1n) is 14.3. The molecular formula is C33H39ClN2O6S. The number of halogens is 1. The molecule has 0 aromatic heterocycles. The maximum absolute atomic E-state index is 14.3. The molecule has 0 spiro atoms. The highest BCUT2D eigenvalue weighted by atomic mass is 35.5. The lowest BCUT2D eigenvalue weighted by Gasteiger charge is -2.37. The lowest BCUT2D eigenvalue weighted by Crippen LogP contribution is -2.45. The van der Waals surface area contributed by atoms with Crippen molar-refractivity contribution < 1.29 is 27.9 Å². The van der Waals surface area contributed by atoms with Crippen LogP contribution in [0.15, 0.2) is 88.9 Å². The van der Waals surface area contributed by atoms with Crippen molar-refractivity contribution in [2.45, 2.75) is 70.0 Å². The van der Waals surface area contributed by atoms with Crippen LogP contribution < -0.4 is 5.32 Å². The van der Waals surface area contributed by atoms with Gasteiger partial charge in [0.2, 0.25) is 15.9 Å². The molecule has 4 rings (SSSR count). The molecule has 10 heteroatoms. The lowest BCUT2D eigenvalue weighted by molar-refractivity contribution is -0.142. The number of carboxylic acids is 1. The Labute approximate surface area is 259 Å². The average molecular weight is 627 g/mol. The Morgan fingerprint density at radius 3 is 2.42 bits per heavy atom. The van der Waals surface area contributed by atoms with Crippen molar-refractivity contribution in [3.05, 3.63) is 100 Å². The number of hydrogen-bond donors (Lipinski definition) is 2. The van der Waals surface area contributed by atoms with Gasteiger partial charge in [-0.2, -0.15) is 4.31 Å². The summed E-state index contributed by atoms with van der Waals surface area (Å²) in [4.78, 5) is 24.8. The van der Waals surface area contributed by atoms with Crippen molar-refractivity contribution in [1.29, 1.82) is 0 Å². The highest BCUT2D eigenvalue weighted by Gasteiger charge is 2.48. The lowest BCUT2D eigenvalue weighted by atomic mass is 9.87. The number of hydrogen-bond acceptors (Lipinski definition) is 5. The molecule has 2 aromatic rings. The van der Waals surface area contributed by atoms with Gasteiger partial charge in [-0.1, -0.05) is 87.0 Å². The Morgan fingerprint density at radius 1 is 1.12 bits per heavy atom. The molecule has 1 heterocycles. The van der Waals surface area contributed by atoms with Gasteiger partial charge in [-0.05, 0) is 65.7 Å². The van der Waals surface area contributed by atoms with E-state index in [2.05, 4.69) is 5.32 Å². The number of allylic oxidation sites excluding steroid dienone is 3. The van der Waals surface area contributed by atoms with Crippen LogP contribution in [0.25, 0.3) is 0 Å². The predicted octanol–water partition coefficient (Wildman–Crippen LogP) is 5.99. The molecule has 8 nitrogen and oxygen atoms in total. The summed E-state index contributed by atoms with van der Waals surface area (Å²) in [5.41, 5.74) is 2.42. The van der Waals surface area contributed by atoms with E-state index < -0.39 is 45.4 Å². The van der Waals surface area contributed by atoms with E-state index in [-0.39, 0.29) is 24.5 Å². The Balaban J connectivity index is 1.58. The Morgan fingerprint density at radius 2 is 1.81 bits per heavy atom. The Kier molecular flexibility index (Phi) is 10.3. The number of rotatable bonds is 11. The van der Waals surface area contributed by atoms with E-state index in [1.54, 1.807) is 55.5 Å². The number of nitrogens with zero attached hydrogens (tertiary/aromatic N) is 1. The van der Waals surface area contributed by atoms with Gasteiger partial charge in [0.1, 0.15) is 12.6 Å². The quantitative estimate of drug-likeness (QED) is 0.296. The van der Waals surface area contributed by atoms with Crippen molar-refractivity contribution in [2.24, 2.45) is 5.41 Å². The number of amides is 1. The SMILES string of the molecule is Cc1ccccc1S(=O)(=O)N1C(c2ccc(Cl)cc2)C(COCC(=O)N[C@@H](CC2=CCCC=C2)C(=O)O)=C[C@H]1C(C)(C)C. The van der Waals surface area contributed by atoms with Crippen LogP contribution in [0.1, 0.15) is 57.2 Å². The molecule has 0 fully saturated rings. The smallest absolute Gasteiger partial charge is 0.326 e. The fourth-order valence-corrected chi connectivity index (χ4v) is 7.75. The number of ether oxygens (including phenoxy) is 1. The summed E-state index contributed by atoms with van der Waals surface area (Å²) in [6, 6.07) is 11.6. The number of aliphatic carboxylic acids is 1. The molecular weight excluding hydrogens is 588 g/mol. The Hall–Kier alpha value is -3.24. The molecule has 0 saturated heterocycles. The number of benzene rings is 2. The van der Waals surface area contributed by atoms with Crippen molar-refractivity contribution >= 4 is 33.5 Å². The third kappa shape index (κ3) is 7.84. The molecule has 3 atom stereocenters. The van der Waals surface area contributed by atoms with Crippen LogP contribution in [-0.4, -0.2) is 55.0 Å².